The van der Waals surface area contributed by atoms with Crippen LogP contribution in [0.5, 0.6) is 0 Å². The van der Waals surface area contributed by atoms with Gasteiger partial charge >= 0.3 is 12.1 Å². The van der Waals surface area contributed by atoms with Gasteiger partial charge in [0.1, 0.15) is 0 Å². The zero-order valence-corrected chi connectivity index (χ0v) is 12.3. The molecule has 122 valence electrons. The minimum Gasteiger partial charge on any atom is -0.468 e. The molecule has 1 atom stereocenters. The third-order valence-electron chi connectivity index (χ3n) is 3.81. The van der Waals surface area contributed by atoms with Crippen molar-refractivity contribution < 1.29 is 22.7 Å². The first-order chi connectivity index (χ1) is 10.4. The summed E-state index contributed by atoms with van der Waals surface area (Å²) < 4.78 is 43.9. The van der Waals surface area contributed by atoms with E-state index in [1.54, 1.807) is 11.0 Å². The van der Waals surface area contributed by atoms with E-state index < -0.39 is 17.7 Å². The van der Waals surface area contributed by atoms with Crippen LogP contribution in [0, 0.1) is 0 Å². The molecular weight excluding hydrogens is 297 g/mol. The first kappa shape index (κ1) is 16.8. The minimum absolute atomic E-state index is 0.0188. The van der Waals surface area contributed by atoms with E-state index in [9.17, 15) is 18.0 Å². The lowest BCUT2D eigenvalue weighted by molar-refractivity contribution is -0.142. The first-order valence-corrected chi connectivity index (χ1v) is 7.08. The van der Waals surface area contributed by atoms with Crippen LogP contribution in [-0.4, -0.2) is 43.7 Å². The summed E-state index contributed by atoms with van der Waals surface area (Å²) in [5.41, 5.74) is -0.485. The van der Waals surface area contributed by atoms with Crippen molar-refractivity contribution >= 4 is 5.97 Å². The van der Waals surface area contributed by atoms with E-state index in [2.05, 4.69) is 10.1 Å². The minimum atomic E-state index is -4.40. The lowest BCUT2D eigenvalue weighted by atomic mass is 10.1. The average molecular weight is 316 g/mol. The molecule has 0 aliphatic carbocycles. The smallest absolute Gasteiger partial charge is 0.416 e. The van der Waals surface area contributed by atoms with Gasteiger partial charge in [0.25, 0.3) is 0 Å². The predicted octanol–water partition coefficient (Wildman–Crippen LogP) is 2.04. The largest absolute Gasteiger partial charge is 0.468 e. The molecule has 1 heterocycles. The van der Waals surface area contributed by atoms with Crippen LogP contribution in [0.3, 0.4) is 0 Å². The number of esters is 1. The lowest BCUT2D eigenvalue weighted by Crippen LogP contribution is -2.40. The summed E-state index contributed by atoms with van der Waals surface area (Å²) in [5.74, 6) is -0.448. The van der Waals surface area contributed by atoms with Crippen molar-refractivity contribution in [2.75, 3.05) is 26.7 Å². The van der Waals surface area contributed by atoms with Crippen LogP contribution in [0.15, 0.2) is 24.3 Å². The molecule has 1 N–H and O–H groups in total. The van der Waals surface area contributed by atoms with E-state index in [0.717, 1.165) is 19.0 Å². The Bertz CT molecular complexity index is 514. The summed E-state index contributed by atoms with van der Waals surface area (Å²) in [4.78, 5) is 13.3. The van der Waals surface area contributed by atoms with Crippen LogP contribution in [0.25, 0.3) is 0 Å². The molecule has 1 aliphatic heterocycles. The molecule has 4 nitrogen and oxygen atoms in total. The van der Waals surface area contributed by atoms with Crippen molar-refractivity contribution in [1.29, 1.82) is 0 Å². The molecule has 0 aromatic heterocycles. The lowest BCUT2D eigenvalue weighted by Gasteiger charge is -2.28. The Hall–Kier alpha value is -1.60. The van der Waals surface area contributed by atoms with Crippen LogP contribution in [0.2, 0.25) is 0 Å². The summed E-state index contributed by atoms with van der Waals surface area (Å²) >= 11 is 0. The zero-order valence-electron chi connectivity index (χ0n) is 12.3. The number of nitrogens with one attached hydrogen (secondary N) is 1. The van der Waals surface area contributed by atoms with Crippen molar-refractivity contribution in [3.63, 3.8) is 0 Å². The molecule has 7 heteroatoms. The van der Waals surface area contributed by atoms with Crippen molar-refractivity contribution in [3.8, 4) is 0 Å². The molecule has 1 aromatic rings. The van der Waals surface area contributed by atoms with E-state index in [1.165, 1.54) is 19.2 Å². The van der Waals surface area contributed by atoms with Gasteiger partial charge < -0.3 is 10.1 Å². The van der Waals surface area contributed by atoms with E-state index >= 15 is 0 Å². The van der Waals surface area contributed by atoms with Gasteiger partial charge in [-0.05, 0) is 24.6 Å². The Balaban J connectivity index is 2.21. The molecule has 0 spiro atoms. The van der Waals surface area contributed by atoms with E-state index in [4.69, 9.17) is 0 Å². The van der Waals surface area contributed by atoms with Gasteiger partial charge in [-0.15, -0.1) is 0 Å². The van der Waals surface area contributed by atoms with Crippen LogP contribution in [-0.2, 0) is 22.3 Å². The highest BCUT2D eigenvalue weighted by Gasteiger charge is 2.34. The maximum atomic E-state index is 13.1. The first-order valence-electron chi connectivity index (χ1n) is 7.08. The summed E-state index contributed by atoms with van der Waals surface area (Å²) in [5, 5.41) is 3.16. The van der Waals surface area contributed by atoms with Gasteiger partial charge in [-0.3, -0.25) is 9.69 Å². The SMILES string of the molecule is COC(=O)CN(Cc1ccccc1C(F)(F)F)[C@H]1CCNC1. The normalized spacial score (nSPS) is 18.7. The number of hydrogen-bond donors (Lipinski definition) is 1. The molecule has 1 aromatic carbocycles. The van der Waals surface area contributed by atoms with E-state index in [-0.39, 0.29) is 24.7 Å². The summed E-state index contributed by atoms with van der Waals surface area (Å²) in [6.07, 6.45) is -3.60. The zero-order chi connectivity index (χ0) is 16.2. The van der Waals surface area contributed by atoms with Gasteiger partial charge in [0.2, 0.25) is 0 Å². The van der Waals surface area contributed by atoms with Crippen LogP contribution in [0.1, 0.15) is 17.5 Å². The fourth-order valence-corrected chi connectivity index (χ4v) is 2.65. The molecule has 0 amide bonds. The fourth-order valence-electron chi connectivity index (χ4n) is 2.65. The number of nitrogens with zero attached hydrogens (tertiary/aromatic N) is 1. The monoisotopic (exact) mass is 316 g/mol. The van der Waals surface area contributed by atoms with Gasteiger partial charge in [-0.1, -0.05) is 18.2 Å². The Morgan fingerprint density at radius 1 is 1.41 bits per heavy atom. The number of rotatable bonds is 5. The Morgan fingerprint density at radius 3 is 2.73 bits per heavy atom. The van der Waals surface area contributed by atoms with Crippen molar-refractivity contribution in [2.24, 2.45) is 0 Å². The summed E-state index contributed by atoms with van der Waals surface area (Å²) in [6, 6.07) is 5.50. The highest BCUT2D eigenvalue weighted by Crippen LogP contribution is 2.32. The van der Waals surface area contributed by atoms with Gasteiger partial charge in [-0.25, -0.2) is 0 Å². The summed E-state index contributed by atoms with van der Waals surface area (Å²) in [7, 11) is 1.27. The maximum Gasteiger partial charge on any atom is 0.416 e. The molecule has 1 fully saturated rings. The number of halogens is 3. The van der Waals surface area contributed by atoms with Crippen molar-refractivity contribution in [1.82, 2.24) is 10.2 Å². The number of methoxy groups -OCH3 is 1. The summed E-state index contributed by atoms with van der Waals surface area (Å²) in [6.45, 7) is 1.50. The van der Waals surface area contributed by atoms with Gasteiger partial charge in [0.15, 0.2) is 0 Å². The average Bonchev–Trinajstić information content (AvgIpc) is 3.00. The molecular formula is C15H19F3N2O2. The van der Waals surface area contributed by atoms with Gasteiger partial charge in [0, 0.05) is 19.1 Å². The molecule has 0 unspecified atom stereocenters. The second kappa shape index (κ2) is 7.11. The molecule has 2 rings (SSSR count). The Kier molecular flexibility index (Phi) is 5.42. The Labute approximate surface area is 127 Å². The van der Waals surface area contributed by atoms with Crippen LogP contribution in [0.4, 0.5) is 13.2 Å². The second-order valence-corrected chi connectivity index (χ2v) is 5.28. The molecule has 0 bridgehead atoms. The second-order valence-electron chi connectivity index (χ2n) is 5.28. The van der Waals surface area contributed by atoms with Crippen LogP contribution < -0.4 is 5.32 Å². The molecule has 1 aliphatic rings. The number of hydrogen-bond acceptors (Lipinski definition) is 4. The van der Waals surface area contributed by atoms with E-state index in [0.29, 0.717) is 6.54 Å². The third-order valence-corrected chi connectivity index (χ3v) is 3.81. The standard InChI is InChI=1S/C15H19F3N2O2/c1-22-14(21)10-20(12-6-7-19-8-12)9-11-4-2-3-5-13(11)15(16,17)18/h2-5,12,19H,6-10H2,1H3/t12-/m0/s1. The maximum absolute atomic E-state index is 13.1. The number of alkyl halides is 3. The molecule has 22 heavy (non-hydrogen) atoms. The number of carbonyl (C=O) groups is 1. The topological polar surface area (TPSA) is 41.6 Å². The van der Waals surface area contributed by atoms with Gasteiger partial charge in [0.05, 0.1) is 19.2 Å². The highest BCUT2D eigenvalue weighted by atomic mass is 19.4. The number of ether oxygens (including phenoxy) is 1. The molecule has 0 saturated carbocycles. The Morgan fingerprint density at radius 2 is 2.14 bits per heavy atom. The van der Waals surface area contributed by atoms with Crippen molar-refractivity contribution in [3.05, 3.63) is 35.4 Å². The van der Waals surface area contributed by atoms with Crippen LogP contribution >= 0.6 is 0 Å². The highest BCUT2D eigenvalue weighted by molar-refractivity contribution is 5.71. The quantitative estimate of drug-likeness (QED) is 0.844. The van der Waals surface area contributed by atoms with Gasteiger partial charge in [-0.2, -0.15) is 13.2 Å². The predicted molar refractivity (Wildman–Crippen MR) is 75.1 cm³/mol. The van der Waals surface area contributed by atoms with Crippen molar-refractivity contribution in [2.45, 2.75) is 25.2 Å². The third kappa shape index (κ3) is 4.20. The fraction of sp³-hybridized carbons (Fsp3) is 0.533. The number of benzene rings is 1. The number of carbonyl (C=O) groups excluding carboxylic acids is 1. The molecule has 0 radical (unpaired) electrons. The molecule has 1 saturated heterocycles. The van der Waals surface area contributed by atoms with E-state index in [1.807, 2.05) is 0 Å².